The Balaban J connectivity index is 0. The first-order valence-electron chi connectivity index (χ1n) is 12.5. The van der Waals surface area contributed by atoms with Gasteiger partial charge in [-0.05, 0) is 6.42 Å². The van der Waals surface area contributed by atoms with E-state index >= 15 is 0 Å². The maximum atomic E-state index is 10.3. The number of unbranched alkanes of at least 4 members (excludes halogenated alkanes) is 14. The lowest BCUT2D eigenvalue weighted by Crippen LogP contribution is -2.42. The zero-order valence-electron chi connectivity index (χ0n) is 20.9. The van der Waals surface area contributed by atoms with Gasteiger partial charge in [-0.15, -0.1) is 0 Å². The third-order valence-corrected chi connectivity index (χ3v) is 5.16. The van der Waals surface area contributed by atoms with E-state index in [0.717, 1.165) is 12.8 Å². The molecule has 0 heterocycles. The summed E-state index contributed by atoms with van der Waals surface area (Å²) in [5.41, 5.74) is 0. The van der Waals surface area contributed by atoms with Crippen molar-refractivity contribution in [3.05, 3.63) is 0 Å². The Kier molecular flexibility index (Phi) is 22.8. The zero-order valence-corrected chi connectivity index (χ0v) is 20.9. The normalized spacial score (nSPS) is 12.2. The summed E-state index contributed by atoms with van der Waals surface area (Å²) in [4.78, 5) is 20.5. The number of quaternary nitrogens is 1. The molecule has 0 unspecified atom stereocenters. The monoisotopic (exact) mass is 446 g/mol. The Morgan fingerprint density at radius 3 is 1.29 bits per heavy atom. The molecule has 0 rings (SSSR count). The van der Waals surface area contributed by atoms with Crippen LogP contribution in [0.1, 0.15) is 116 Å². The SMILES string of the molecule is CCCCCCCCCCCCCCCCCC(=O)O.C[N+](C)(C)C[C@H](O)CC(=O)O. The minimum atomic E-state index is -0.953. The number of aliphatic carboxylic acids is 2. The molecule has 0 aliphatic heterocycles. The summed E-state index contributed by atoms with van der Waals surface area (Å²) in [5.74, 6) is -1.61. The van der Waals surface area contributed by atoms with Crippen molar-refractivity contribution in [1.29, 1.82) is 0 Å². The largest absolute Gasteiger partial charge is 0.481 e. The lowest BCUT2D eigenvalue weighted by Gasteiger charge is -2.25. The molecule has 0 aromatic rings. The highest BCUT2D eigenvalue weighted by Gasteiger charge is 2.17. The lowest BCUT2D eigenvalue weighted by atomic mass is 10.0. The van der Waals surface area contributed by atoms with E-state index in [9.17, 15) is 9.59 Å². The predicted octanol–water partition coefficient (Wildman–Crippen LogP) is 5.86. The third-order valence-electron chi connectivity index (χ3n) is 5.16. The Morgan fingerprint density at radius 1 is 0.645 bits per heavy atom. The molecule has 0 saturated heterocycles. The summed E-state index contributed by atoms with van der Waals surface area (Å²) < 4.78 is 0.578. The Morgan fingerprint density at radius 2 is 1.00 bits per heavy atom. The molecule has 0 aromatic carbocycles. The fraction of sp³-hybridized carbons (Fsp3) is 0.920. The summed E-state index contributed by atoms with van der Waals surface area (Å²) in [6.07, 6.45) is 19.3. The van der Waals surface area contributed by atoms with Crippen molar-refractivity contribution in [2.45, 2.75) is 122 Å². The van der Waals surface area contributed by atoms with E-state index in [1.807, 2.05) is 21.1 Å². The van der Waals surface area contributed by atoms with E-state index in [0.29, 0.717) is 17.4 Å². The van der Waals surface area contributed by atoms with Crippen molar-refractivity contribution in [2.24, 2.45) is 0 Å². The van der Waals surface area contributed by atoms with Crippen LogP contribution in [0.3, 0.4) is 0 Å². The molecule has 3 N–H and O–H groups in total. The van der Waals surface area contributed by atoms with Crippen LogP contribution in [0.25, 0.3) is 0 Å². The number of hydrogen-bond donors (Lipinski definition) is 3. The average molecular weight is 447 g/mol. The van der Waals surface area contributed by atoms with Gasteiger partial charge in [-0.1, -0.05) is 96.8 Å². The minimum absolute atomic E-state index is 0.171. The van der Waals surface area contributed by atoms with Gasteiger partial charge in [-0.2, -0.15) is 0 Å². The highest BCUT2D eigenvalue weighted by Crippen LogP contribution is 2.13. The van der Waals surface area contributed by atoms with Crippen LogP contribution in [0.4, 0.5) is 0 Å². The molecule has 0 bridgehead atoms. The first kappa shape index (κ1) is 32.0. The van der Waals surface area contributed by atoms with Crippen LogP contribution < -0.4 is 0 Å². The molecule has 186 valence electrons. The first-order chi connectivity index (χ1) is 14.6. The number of aliphatic hydroxyl groups excluding tert-OH is 1. The molecule has 0 aromatic heterocycles. The van der Waals surface area contributed by atoms with E-state index < -0.39 is 18.0 Å². The standard InChI is InChI=1S/C18H36O2.C7H15NO3/c1-2-3-4-5-6-7-8-9-10-11-12-13-14-15-16-17-18(19)20;1-8(2,3)5-6(9)4-7(10)11/h2-17H2,1H3,(H,19,20);6,9H,4-5H2,1-3H3/p+1/t;6-/m.1/s1. The molecule has 0 aliphatic carbocycles. The van der Waals surface area contributed by atoms with Crippen LogP contribution in [0.15, 0.2) is 0 Å². The Hall–Kier alpha value is -1.14. The smallest absolute Gasteiger partial charge is 0.306 e. The van der Waals surface area contributed by atoms with Crippen LogP contribution in [0.5, 0.6) is 0 Å². The molecule has 0 radical (unpaired) electrons. The van der Waals surface area contributed by atoms with Crippen LogP contribution >= 0.6 is 0 Å². The highest BCUT2D eigenvalue weighted by molar-refractivity contribution is 5.67. The molecular formula is C25H52NO5+. The number of carbonyl (C=O) groups is 2. The molecule has 0 amide bonds. The summed E-state index contributed by atoms with van der Waals surface area (Å²) in [6.45, 7) is 2.73. The van der Waals surface area contributed by atoms with Gasteiger partial charge >= 0.3 is 11.9 Å². The number of hydrogen-bond acceptors (Lipinski definition) is 3. The van der Waals surface area contributed by atoms with E-state index in [1.54, 1.807) is 0 Å². The van der Waals surface area contributed by atoms with Gasteiger partial charge in [0.25, 0.3) is 0 Å². The molecule has 6 heteroatoms. The van der Waals surface area contributed by atoms with Gasteiger partial charge in [-0.25, -0.2) is 0 Å². The van der Waals surface area contributed by atoms with E-state index in [-0.39, 0.29) is 6.42 Å². The Bertz CT molecular complexity index is 421. The van der Waals surface area contributed by atoms with E-state index in [4.69, 9.17) is 15.3 Å². The van der Waals surface area contributed by atoms with Gasteiger partial charge in [0.2, 0.25) is 0 Å². The van der Waals surface area contributed by atoms with Gasteiger partial charge in [0.1, 0.15) is 12.6 Å². The molecule has 31 heavy (non-hydrogen) atoms. The molecule has 0 saturated carbocycles. The van der Waals surface area contributed by atoms with Gasteiger partial charge in [0.05, 0.1) is 27.6 Å². The second-order valence-corrected chi connectivity index (χ2v) is 9.82. The van der Waals surface area contributed by atoms with Crippen LogP contribution in [-0.4, -0.2) is 65.5 Å². The second kappa shape index (κ2) is 22.1. The molecule has 1 atom stereocenters. The fourth-order valence-corrected chi connectivity index (χ4v) is 3.55. The zero-order chi connectivity index (χ0) is 24.0. The number of rotatable bonds is 20. The fourth-order valence-electron chi connectivity index (χ4n) is 3.55. The summed E-state index contributed by atoms with van der Waals surface area (Å²) in [7, 11) is 5.72. The number of likely N-dealkylation sites (N-methyl/N-ethyl adjacent to an activating group) is 1. The van der Waals surface area contributed by atoms with E-state index in [1.165, 1.54) is 83.5 Å². The molecule has 0 fully saturated rings. The van der Waals surface area contributed by atoms with Crippen molar-refractivity contribution >= 4 is 11.9 Å². The third kappa shape index (κ3) is 33.7. The van der Waals surface area contributed by atoms with Gasteiger partial charge in [-0.3, -0.25) is 9.59 Å². The summed E-state index contributed by atoms with van der Waals surface area (Å²) in [5, 5.41) is 26.0. The van der Waals surface area contributed by atoms with Gasteiger partial charge < -0.3 is 19.8 Å². The van der Waals surface area contributed by atoms with Gasteiger partial charge in [0.15, 0.2) is 0 Å². The topological polar surface area (TPSA) is 94.8 Å². The number of aliphatic hydroxyl groups is 1. The van der Waals surface area contributed by atoms with Crippen molar-refractivity contribution in [3.8, 4) is 0 Å². The maximum absolute atomic E-state index is 10.3. The highest BCUT2D eigenvalue weighted by atomic mass is 16.4. The number of carboxylic acid groups (broad SMARTS) is 2. The van der Waals surface area contributed by atoms with Crippen molar-refractivity contribution in [1.82, 2.24) is 0 Å². The number of carboxylic acids is 2. The predicted molar refractivity (Wildman–Crippen MR) is 128 cm³/mol. The first-order valence-corrected chi connectivity index (χ1v) is 12.5. The quantitative estimate of drug-likeness (QED) is 0.161. The molecule has 0 aliphatic rings. The minimum Gasteiger partial charge on any atom is -0.481 e. The van der Waals surface area contributed by atoms with Crippen LogP contribution in [0.2, 0.25) is 0 Å². The summed E-state index contributed by atoms with van der Waals surface area (Å²) >= 11 is 0. The Labute approximate surface area is 191 Å². The molecule has 0 spiro atoms. The molecule has 6 nitrogen and oxygen atoms in total. The number of nitrogens with zero attached hydrogens (tertiary/aromatic N) is 1. The maximum Gasteiger partial charge on any atom is 0.306 e. The summed E-state index contributed by atoms with van der Waals surface area (Å²) in [6, 6.07) is 0. The van der Waals surface area contributed by atoms with Gasteiger partial charge in [0, 0.05) is 6.42 Å². The van der Waals surface area contributed by atoms with Crippen LogP contribution in [-0.2, 0) is 9.59 Å². The van der Waals surface area contributed by atoms with Crippen LogP contribution in [0, 0.1) is 0 Å². The van der Waals surface area contributed by atoms with Crippen molar-refractivity contribution < 1.29 is 29.4 Å². The van der Waals surface area contributed by atoms with Crippen molar-refractivity contribution in [3.63, 3.8) is 0 Å². The van der Waals surface area contributed by atoms with E-state index in [2.05, 4.69) is 6.92 Å². The average Bonchev–Trinajstić information content (AvgIpc) is 2.63. The lowest BCUT2D eigenvalue weighted by molar-refractivity contribution is -0.873. The second-order valence-electron chi connectivity index (χ2n) is 9.82. The molecular weight excluding hydrogens is 394 g/mol. The van der Waals surface area contributed by atoms with Crippen molar-refractivity contribution in [2.75, 3.05) is 27.7 Å².